The lowest BCUT2D eigenvalue weighted by Gasteiger charge is -2.43. The number of nitrogens with zero attached hydrogens (tertiary/aromatic N) is 1. The van der Waals surface area contributed by atoms with Crippen LogP contribution in [0.5, 0.6) is 0 Å². The van der Waals surface area contributed by atoms with Crippen LogP contribution in [0.4, 0.5) is 4.79 Å². The smallest absolute Gasteiger partial charge is 0.408 e. The molecule has 1 aromatic carbocycles. The highest BCUT2D eigenvalue weighted by Crippen LogP contribution is 2.32. The number of carbonyl (C=O) groups excluding carboxylic acids is 3. The Balaban J connectivity index is 3.52. The minimum atomic E-state index is -0.894. The highest BCUT2D eigenvalue weighted by Gasteiger charge is 2.42. The lowest BCUT2D eigenvalue weighted by Crippen LogP contribution is -2.59. The number of hydrogen-bond donors (Lipinski definition) is 2. The minimum Gasteiger partial charge on any atom is -0.444 e. The molecular weight excluding hydrogens is 418 g/mol. The molecule has 186 valence electrons. The monoisotopic (exact) mass is 461 g/mol. The maximum atomic E-state index is 13.7. The SMILES string of the molecule is Cc1ccc(C)c(C(C(=O)NC(C)(C)C)N(C(=O)C(C)NC(=O)OC(C)(C)C)C(C)(C)C)c1. The lowest BCUT2D eigenvalue weighted by molar-refractivity contribution is -0.148. The third kappa shape index (κ3) is 8.71. The predicted octanol–water partition coefficient (Wildman–Crippen LogP) is 4.80. The zero-order valence-corrected chi connectivity index (χ0v) is 22.5. The van der Waals surface area contributed by atoms with E-state index >= 15 is 0 Å². The number of nitrogens with one attached hydrogen (secondary N) is 2. The summed E-state index contributed by atoms with van der Waals surface area (Å²) in [5.41, 5.74) is 0.765. The van der Waals surface area contributed by atoms with Crippen molar-refractivity contribution in [3.8, 4) is 0 Å². The normalized spacial score (nSPS) is 14.2. The summed E-state index contributed by atoms with van der Waals surface area (Å²) < 4.78 is 5.32. The zero-order valence-electron chi connectivity index (χ0n) is 22.5. The maximum Gasteiger partial charge on any atom is 0.408 e. The number of carbonyl (C=O) groups is 3. The van der Waals surface area contributed by atoms with Crippen LogP contribution in [0.15, 0.2) is 18.2 Å². The molecule has 0 saturated carbocycles. The molecule has 7 heteroatoms. The molecule has 0 aliphatic heterocycles. The number of ether oxygens (including phenoxy) is 1. The van der Waals surface area contributed by atoms with Gasteiger partial charge in [0.2, 0.25) is 11.8 Å². The molecule has 2 N–H and O–H groups in total. The molecule has 1 rings (SSSR count). The van der Waals surface area contributed by atoms with Crippen LogP contribution in [0.3, 0.4) is 0 Å². The first-order valence-corrected chi connectivity index (χ1v) is 11.4. The zero-order chi connectivity index (χ0) is 25.9. The first kappa shape index (κ1) is 28.5. The van der Waals surface area contributed by atoms with Gasteiger partial charge >= 0.3 is 6.09 Å². The van der Waals surface area contributed by atoms with Crippen molar-refractivity contribution in [2.45, 2.75) is 112 Å². The second-order valence-electron chi connectivity index (χ2n) is 11.7. The van der Waals surface area contributed by atoms with Gasteiger partial charge in [-0.2, -0.15) is 0 Å². The van der Waals surface area contributed by atoms with Gasteiger partial charge in [-0.05, 0) is 94.2 Å². The van der Waals surface area contributed by atoms with E-state index in [-0.39, 0.29) is 11.8 Å². The van der Waals surface area contributed by atoms with Crippen LogP contribution in [-0.2, 0) is 14.3 Å². The highest BCUT2D eigenvalue weighted by atomic mass is 16.6. The Morgan fingerprint density at radius 1 is 0.939 bits per heavy atom. The van der Waals surface area contributed by atoms with Crippen LogP contribution in [0.25, 0.3) is 0 Å². The van der Waals surface area contributed by atoms with E-state index in [2.05, 4.69) is 10.6 Å². The van der Waals surface area contributed by atoms with Gasteiger partial charge in [-0.3, -0.25) is 9.59 Å². The molecule has 0 aliphatic rings. The van der Waals surface area contributed by atoms with Gasteiger partial charge in [0.1, 0.15) is 17.7 Å². The van der Waals surface area contributed by atoms with Crippen LogP contribution in [-0.4, -0.2) is 45.5 Å². The maximum absolute atomic E-state index is 13.7. The van der Waals surface area contributed by atoms with E-state index in [1.165, 1.54) is 0 Å². The quantitative estimate of drug-likeness (QED) is 0.659. The Kier molecular flexibility index (Phi) is 8.75. The summed E-state index contributed by atoms with van der Waals surface area (Å²) in [7, 11) is 0. The topological polar surface area (TPSA) is 87.7 Å². The van der Waals surface area contributed by atoms with E-state index in [4.69, 9.17) is 4.74 Å². The average Bonchev–Trinajstić information content (AvgIpc) is 2.56. The first-order valence-electron chi connectivity index (χ1n) is 11.4. The standard InChI is InChI=1S/C26H43N3O4/c1-16-13-14-17(2)19(15-16)20(21(30)28-24(4,5)6)29(25(7,8)9)22(31)18(3)27-23(32)33-26(10,11)12/h13-15,18,20H,1-12H3,(H,27,32)(H,28,30). The van der Waals surface area contributed by atoms with E-state index in [1.54, 1.807) is 32.6 Å². The summed E-state index contributed by atoms with van der Waals surface area (Å²) in [6, 6.07) is 4.11. The third-order valence-electron chi connectivity index (χ3n) is 4.80. The molecule has 0 fully saturated rings. The largest absolute Gasteiger partial charge is 0.444 e. The van der Waals surface area contributed by atoms with Crippen molar-refractivity contribution in [1.82, 2.24) is 15.5 Å². The number of aryl methyl sites for hydroxylation is 2. The Bertz CT molecular complexity index is 873. The summed E-state index contributed by atoms with van der Waals surface area (Å²) in [5, 5.41) is 5.66. The van der Waals surface area contributed by atoms with Gasteiger partial charge in [-0.15, -0.1) is 0 Å². The van der Waals surface area contributed by atoms with Crippen molar-refractivity contribution in [3.63, 3.8) is 0 Å². The van der Waals surface area contributed by atoms with E-state index in [1.807, 2.05) is 73.6 Å². The van der Waals surface area contributed by atoms with Crippen molar-refractivity contribution < 1.29 is 19.1 Å². The van der Waals surface area contributed by atoms with Gasteiger partial charge in [0.25, 0.3) is 0 Å². The molecule has 3 amide bonds. The molecule has 1 aromatic rings. The van der Waals surface area contributed by atoms with Gasteiger partial charge in [-0.25, -0.2) is 4.79 Å². The number of rotatable bonds is 5. The molecule has 2 unspecified atom stereocenters. The van der Waals surface area contributed by atoms with Crippen LogP contribution in [0, 0.1) is 13.8 Å². The van der Waals surface area contributed by atoms with Crippen molar-refractivity contribution in [3.05, 3.63) is 34.9 Å². The molecule has 0 spiro atoms. The average molecular weight is 462 g/mol. The van der Waals surface area contributed by atoms with Crippen molar-refractivity contribution in [1.29, 1.82) is 0 Å². The van der Waals surface area contributed by atoms with Gasteiger partial charge in [0.15, 0.2) is 0 Å². The Hall–Kier alpha value is -2.57. The molecule has 0 aliphatic carbocycles. The van der Waals surface area contributed by atoms with Crippen LogP contribution < -0.4 is 10.6 Å². The second kappa shape index (κ2) is 10.1. The van der Waals surface area contributed by atoms with Gasteiger partial charge in [-0.1, -0.05) is 23.8 Å². The summed E-state index contributed by atoms with van der Waals surface area (Å²) in [5.74, 6) is -0.646. The molecule has 0 radical (unpaired) electrons. The second-order valence-corrected chi connectivity index (χ2v) is 11.7. The summed E-state index contributed by atoms with van der Waals surface area (Å²) in [6.45, 7) is 22.1. The van der Waals surface area contributed by atoms with E-state index in [9.17, 15) is 14.4 Å². The molecule has 2 atom stereocenters. The summed E-state index contributed by atoms with van der Waals surface area (Å²) >= 11 is 0. The van der Waals surface area contributed by atoms with Gasteiger partial charge in [0.05, 0.1) is 0 Å². The van der Waals surface area contributed by atoms with Crippen LogP contribution >= 0.6 is 0 Å². The number of benzene rings is 1. The molecule has 0 saturated heterocycles. The third-order valence-corrected chi connectivity index (χ3v) is 4.80. The fourth-order valence-corrected chi connectivity index (χ4v) is 3.49. The van der Waals surface area contributed by atoms with Crippen LogP contribution in [0.2, 0.25) is 0 Å². The lowest BCUT2D eigenvalue weighted by atomic mass is 9.91. The summed E-state index contributed by atoms with van der Waals surface area (Å²) in [4.78, 5) is 41.3. The first-order chi connectivity index (χ1) is 14.7. The number of amides is 3. The van der Waals surface area contributed by atoms with Crippen molar-refractivity contribution >= 4 is 17.9 Å². The van der Waals surface area contributed by atoms with E-state index in [0.29, 0.717) is 0 Å². The molecular formula is C26H43N3O4. The molecule has 0 bridgehead atoms. The van der Waals surface area contributed by atoms with Gasteiger partial charge in [0, 0.05) is 11.1 Å². The molecule has 7 nitrogen and oxygen atoms in total. The fourth-order valence-electron chi connectivity index (χ4n) is 3.49. The van der Waals surface area contributed by atoms with Gasteiger partial charge < -0.3 is 20.3 Å². The van der Waals surface area contributed by atoms with Crippen molar-refractivity contribution in [2.24, 2.45) is 0 Å². The predicted molar refractivity (Wildman–Crippen MR) is 132 cm³/mol. The fraction of sp³-hybridized carbons (Fsp3) is 0.654. The number of hydrogen-bond acceptors (Lipinski definition) is 4. The van der Waals surface area contributed by atoms with E-state index < -0.39 is 34.9 Å². The minimum absolute atomic E-state index is 0.274. The Morgan fingerprint density at radius 2 is 1.48 bits per heavy atom. The van der Waals surface area contributed by atoms with E-state index in [0.717, 1.165) is 16.7 Å². The highest BCUT2D eigenvalue weighted by molar-refractivity contribution is 5.93. The Labute approximate surface area is 199 Å². The van der Waals surface area contributed by atoms with Crippen LogP contribution in [0.1, 0.15) is 92.0 Å². The molecule has 0 heterocycles. The summed E-state index contributed by atoms with van der Waals surface area (Å²) in [6.07, 6.45) is -0.681. The Morgan fingerprint density at radius 3 is 1.94 bits per heavy atom. The number of alkyl carbamates (subject to hydrolysis) is 1. The molecule has 33 heavy (non-hydrogen) atoms. The molecule has 0 aromatic heterocycles. The van der Waals surface area contributed by atoms with Crippen molar-refractivity contribution in [2.75, 3.05) is 0 Å².